The third-order valence-electron chi connectivity index (χ3n) is 4.44. The first-order chi connectivity index (χ1) is 12.5. The molecule has 0 spiro atoms. The Labute approximate surface area is 150 Å². The summed E-state index contributed by atoms with van der Waals surface area (Å²) in [6.45, 7) is 0.849. The van der Waals surface area contributed by atoms with E-state index in [1.54, 1.807) is 16.6 Å². The van der Waals surface area contributed by atoms with Crippen LogP contribution >= 0.6 is 0 Å². The quantitative estimate of drug-likeness (QED) is 0.621. The third kappa shape index (κ3) is 3.47. The summed E-state index contributed by atoms with van der Waals surface area (Å²) in [6, 6.07) is 7.43. The van der Waals surface area contributed by atoms with Gasteiger partial charge in [-0.1, -0.05) is 12.1 Å². The number of fused-ring (bicyclic) bond motifs is 1. The Kier molecular flexibility index (Phi) is 4.45. The molecular formula is C16H20N6O3S. The van der Waals surface area contributed by atoms with Crippen LogP contribution in [0.25, 0.3) is 11.0 Å². The van der Waals surface area contributed by atoms with E-state index in [4.69, 9.17) is 4.74 Å². The lowest BCUT2D eigenvalue weighted by Crippen LogP contribution is -2.18. The summed E-state index contributed by atoms with van der Waals surface area (Å²) in [5.41, 5.74) is 1.61. The van der Waals surface area contributed by atoms with Crippen molar-refractivity contribution in [1.29, 1.82) is 0 Å². The van der Waals surface area contributed by atoms with E-state index in [0.29, 0.717) is 37.6 Å². The van der Waals surface area contributed by atoms with E-state index >= 15 is 0 Å². The van der Waals surface area contributed by atoms with Crippen LogP contribution in [0.1, 0.15) is 24.1 Å². The molecule has 1 aliphatic rings. The molecule has 3 aromatic rings. The van der Waals surface area contributed by atoms with Crippen molar-refractivity contribution < 1.29 is 13.2 Å². The van der Waals surface area contributed by atoms with Gasteiger partial charge in [-0.05, 0) is 18.6 Å². The highest BCUT2D eigenvalue weighted by Crippen LogP contribution is 2.24. The largest absolute Gasteiger partial charge is 0.384 e. The molecular weight excluding hydrogens is 356 g/mol. The van der Waals surface area contributed by atoms with Crippen LogP contribution in [0.3, 0.4) is 0 Å². The predicted octanol–water partition coefficient (Wildman–Crippen LogP) is 0.620. The van der Waals surface area contributed by atoms with Crippen LogP contribution in [0.5, 0.6) is 0 Å². The number of nitrogens with zero attached hydrogens (tertiary/aromatic N) is 6. The van der Waals surface area contributed by atoms with Gasteiger partial charge in [-0.15, -0.1) is 0 Å². The molecule has 1 saturated heterocycles. The monoisotopic (exact) mass is 376 g/mol. The van der Waals surface area contributed by atoms with Crippen molar-refractivity contribution in [1.82, 2.24) is 29.8 Å². The van der Waals surface area contributed by atoms with E-state index in [0.717, 1.165) is 11.0 Å². The van der Waals surface area contributed by atoms with Gasteiger partial charge in [-0.3, -0.25) is 0 Å². The topological polar surface area (TPSA) is 105 Å². The molecule has 0 radical (unpaired) electrons. The second kappa shape index (κ2) is 6.76. The first kappa shape index (κ1) is 17.1. The summed E-state index contributed by atoms with van der Waals surface area (Å²) in [7, 11) is -1.39. The summed E-state index contributed by atoms with van der Waals surface area (Å²) in [5, 5.41) is 13.5. The van der Waals surface area contributed by atoms with Gasteiger partial charge >= 0.3 is 0 Å². The summed E-state index contributed by atoms with van der Waals surface area (Å²) >= 11 is 0. The third-order valence-corrected chi connectivity index (χ3v) is 6.19. The van der Waals surface area contributed by atoms with Gasteiger partial charge in [0, 0.05) is 13.5 Å². The van der Waals surface area contributed by atoms with Crippen molar-refractivity contribution >= 4 is 20.9 Å². The minimum absolute atomic E-state index is 0.0988. The first-order valence-corrected chi connectivity index (χ1v) is 10.3. The van der Waals surface area contributed by atoms with Gasteiger partial charge in [-0.25, -0.2) is 18.1 Å². The lowest BCUT2D eigenvalue weighted by molar-refractivity contribution is 0.200. The Bertz CT molecular complexity index is 993. The Hall–Kier alpha value is -2.33. The SMILES string of the molecule is COCCc1nc(Cn2nc3ccccc3n2)n(C2CCS(=O)(=O)C2)n1. The fourth-order valence-corrected chi connectivity index (χ4v) is 4.87. The molecule has 2 aromatic heterocycles. The molecule has 10 heteroatoms. The zero-order chi connectivity index (χ0) is 18.1. The van der Waals surface area contributed by atoms with E-state index < -0.39 is 9.84 Å². The minimum atomic E-state index is -3.01. The van der Waals surface area contributed by atoms with Crippen LogP contribution in [0.15, 0.2) is 24.3 Å². The van der Waals surface area contributed by atoms with Crippen molar-refractivity contribution in [2.24, 2.45) is 0 Å². The molecule has 1 unspecified atom stereocenters. The van der Waals surface area contributed by atoms with Gasteiger partial charge in [0.05, 0.1) is 24.2 Å². The van der Waals surface area contributed by atoms with Gasteiger partial charge in [0.1, 0.15) is 17.6 Å². The molecule has 0 saturated carbocycles. The van der Waals surface area contributed by atoms with Crippen LogP contribution in [0.2, 0.25) is 0 Å². The number of aromatic nitrogens is 6. The lowest BCUT2D eigenvalue weighted by atomic mass is 10.3. The molecule has 1 aliphatic heterocycles. The minimum Gasteiger partial charge on any atom is -0.384 e. The van der Waals surface area contributed by atoms with Gasteiger partial charge in [-0.2, -0.15) is 20.1 Å². The molecule has 4 rings (SSSR count). The van der Waals surface area contributed by atoms with Gasteiger partial charge in [0.25, 0.3) is 0 Å². The van der Waals surface area contributed by atoms with Gasteiger partial charge < -0.3 is 4.74 Å². The van der Waals surface area contributed by atoms with Crippen molar-refractivity contribution in [2.45, 2.75) is 25.4 Å². The predicted molar refractivity (Wildman–Crippen MR) is 94.5 cm³/mol. The average molecular weight is 376 g/mol. The zero-order valence-electron chi connectivity index (χ0n) is 14.4. The molecule has 0 bridgehead atoms. The van der Waals surface area contributed by atoms with Crippen molar-refractivity contribution in [3.63, 3.8) is 0 Å². The smallest absolute Gasteiger partial charge is 0.153 e. The zero-order valence-corrected chi connectivity index (χ0v) is 15.3. The van der Waals surface area contributed by atoms with Crippen LogP contribution < -0.4 is 0 Å². The van der Waals surface area contributed by atoms with Crippen molar-refractivity contribution in [3.05, 3.63) is 35.9 Å². The summed E-state index contributed by atoms with van der Waals surface area (Å²) in [6.07, 6.45) is 1.13. The number of sulfone groups is 1. The van der Waals surface area contributed by atoms with Gasteiger partial charge in [0.2, 0.25) is 0 Å². The Balaban J connectivity index is 1.65. The van der Waals surface area contributed by atoms with Crippen LogP contribution in [-0.4, -0.2) is 63.4 Å². The summed E-state index contributed by atoms with van der Waals surface area (Å²) in [5.74, 6) is 1.59. The van der Waals surface area contributed by atoms with Crippen molar-refractivity contribution in [2.75, 3.05) is 25.2 Å². The standard InChI is InChI=1S/C16H20N6O3S/c1-25-8-6-15-17-16(22(20-15)12-7-9-26(23,24)11-12)10-21-18-13-4-2-3-5-14(13)19-21/h2-5,12H,6-11H2,1H3. The Morgan fingerprint density at radius 1 is 1.19 bits per heavy atom. The summed E-state index contributed by atoms with van der Waals surface area (Å²) in [4.78, 5) is 6.16. The molecule has 3 heterocycles. The molecule has 138 valence electrons. The van der Waals surface area contributed by atoms with E-state index in [9.17, 15) is 8.42 Å². The lowest BCUT2D eigenvalue weighted by Gasteiger charge is -2.11. The highest BCUT2D eigenvalue weighted by atomic mass is 32.2. The number of hydrogen-bond donors (Lipinski definition) is 0. The van der Waals surface area contributed by atoms with Gasteiger partial charge in [0.15, 0.2) is 21.5 Å². The molecule has 9 nitrogen and oxygen atoms in total. The van der Waals surface area contributed by atoms with E-state index in [2.05, 4.69) is 20.3 Å². The fourth-order valence-electron chi connectivity index (χ4n) is 3.17. The Morgan fingerprint density at radius 3 is 2.54 bits per heavy atom. The van der Waals surface area contributed by atoms with Crippen LogP contribution in [-0.2, 0) is 27.5 Å². The molecule has 0 aliphatic carbocycles. The van der Waals surface area contributed by atoms with E-state index in [-0.39, 0.29) is 17.5 Å². The number of rotatable bonds is 6. The average Bonchev–Trinajstić information content (AvgIpc) is 3.29. The maximum atomic E-state index is 11.9. The van der Waals surface area contributed by atoms with E-state index in [1.807, 2.05) is 24.3 Å². The normalized spacial score (nSPS) is 19.3. The second-order valence-corrected chi connectivity index (χ2v) is 8.64. The number of methoxy groups -OCH3 is 1. The highest BCUT2D eigenvalue weighted by molar-refractivity contribution is 7.91. The molecule has 0 N–H and O–H groups in total. The maximum Gasteiger partial charge on any atom is 0.153 e. The first-order valence-electron chi connectivity index (χ1n) is 8.47. The second-order valence-electron chi connectivity index (χ2n) is 6.41. The van der Waals surface area contributed by atoms with Crippen molar-refractivity contribution in [3.8, 4) is 0 Å². The molecule has 1 aromatic carbocycles. The number of hydrogen-bond acceptors (Lipinski definition) is 7. The molecule has 26 heavy (non-hydrogen) atoms. The molecule has 1 atom stereocenters. The number of ether oxygens (including phenoxy) is 1. The highest BCUT2D eigenvalue weighted by Gasteiger charge is 2.32. The Morgan fingerprint density at radius 2 is 1.92 bits per heavy atom. The van der Waals surface area contributed by atoms with E-state index in [1.165, 1.54) is 0 Å². The molecule has 0 amide bonds. The van der Waals surface area contributed by atoms with Crippen LogP contribution in [0, 0.1) is 0 Å². The van der Waals surface area contributed by atoms with Crippen LogP contribution in [0.4, 0.5) is 0 Å². The summed E-state index contributed by atoms with van der Waals surface area (Å²) < 4.78 is 30.6. The fraction of sp³-hybridized carbons (Fsp3) is 0.500. The molecule has 1 fully saturated rings. The maximum absolute atomic E-state index is 11.9. The number of benzene rings is 1.